The molecular weight excluding hydrogens is 275 g/mol. The predicted octanol–water partition coefficient (Wildman–Crippen LogP) is 2.53. The monoisotopic (exact) mass is 288 g/mol. The molecule has 0 radical (unpaired) electrons. The topological polar surface area (TPSA) is 41.1 Å². The Balaban J connectivity index is 2.47. The maximum absolute atomic E-state index is 12.9. The highest BCUT2D eigenvalue weighted by Crippen LogP contribution is 2.22. The molecular formula is C11H14BrFN2O. The quantitative estimate of drug-likeness (QED) is 0.874. The fourth-order valence-corrected chi connectivity index (χ4v) is 1.52. The van der Waals surface area contributed by atoms with Gasteiger partial charge in [0.2, 0.25) is 5.91 Å². The second-order valence-corrected chi connectivity index (χ2v) is 4.18. The fourth-order valence-electron chi connectivity index (χ4n) is 1.14. The summed E-state index contributed by atoms with van der Waals surface area (Å²) < 4.78 is 13.6. The number of benzene rings is 1. The number of carbonyl (C=O) groups is 1. The first-order valence-electron chi connectivity index (χ1n) is 5.09. The molecule has 0 aliphatic rings. The van der Waals surface area contributed by atoms with Crippen LogP contribution in [0.5, 0.6) is 0 Å². The van der Waals surface area contributed by atoms with Gasteiger partial charge in [-0.3, -0.25) is 4.79 Å². The third-order valence-electron chi connectivity index (χ3n) is 1.94. The minimum absolute atomic E-state index is 0.0991. The Morgan fingerprint density at radius 3 is 2.94 bits per heavy atom. The Morgan fingerprint density at radius 1 is 1.50 bits per heavy atom. The zero-order valence-electron chi connectivity index (χ0n) is 9.02. The third-order valence-corrected chi connectivity index (χ3v) is 2.63. The normalized spacial score (nSPS) is 9.94. The molecule has 0 unspecified atom stereocenters. The summed E-state index contributed by atoms with van der Waals surface area (Å²) in [4.78, 5) is 11.3. The molecule has 1 rings (SSSR count). The predicted molar refractivity (Wildman–Crippen MR) is 65.9 cm³/mol. The van der Waals surface area contributed by atoms with Gasteiger partial charge in [0.1, 0.15) is 5.82 Å². The van der Waals surface area contributed by atoms with E-state index in [0.29, 0.717) is 12.2 Å². The molecule has 3 nitrogen and oxygen atoms in total. The fraction of sp³-hybridized carbons (Fsp3) is 0.364. The molecule has 0 heterocycles. The van der Waals surface area contributed by atoms with Gasteiger partial charge in [-0.1, -0.05) is 6.92 Å². The average Bonchev–Trinajstić information content (AvgIpc) is 2.27. The lowest BCUT2D eigenvalue weighted by atomic mass is 10.3. The lowest BCUT2D eigenvalue weighted by molar-refractivity contribution is -0.119. The van der Waals surface area contributed by atoms with Crippen molar-refractivity contribution in [3.8, 4) is 0 Å². The van der Waals surface area contributed by atoms with Gasteiger partial charge in [-0.25, -0.2) is 4.39 Å². The van der Waals surface area contributed by atoms with Gasteiger partial charge < -0.3 is 10.6 Å². The van der Waals surface area contributed by atoms with E-state index in [9.17, 15) is 9.18 Å². The molecule has 1 aromatic carbocycles. The highest BCUT2D eigenvalue weighted by atomic mass is 79.9. The molecule has 0 aliphatic carbocycles. The molecule has 1 amide bonds. The summed E-state index contributed by atoms with van der Waals surface area (Å²) in [7, 11) is 0. The Hall–Kier alpha value is -1.10. The van der Waals surface area contributed by atoms with Gasteiger partial charge in [-0.15, -0.1) is 0 Å². The molecule has 88 valence electrons. The summed E-state index contributed by atoms with van der Waals surface area (Å²) in [5, 5.41) is 5.59. The van der Waals surface area contributed by atoms with Crippen LogP contribution in [0, 0.1) is 5.82 Å². The van der Waals surface area contributed by atoms with Gasteiger partial charge in [-0.05, 0) is 40.5 Å². The van der Waals surface area contributed by atoms with Crippen LogP contribution in [-0.2, 0) is 4.79 Å². The molecule has 0 fully saturated rings. The highest BCUT2D eigenvalue weighted by Gasteiger charge is 2.04. The second-order valence-electron chi connectivity index (χ2n) is 3.33. The molecule has 5 heteroatoms. The maximum Gasteiger partial charge on any atom is 0.239 e. The van der Waals surface area contributed by atoms with Crippen LogP contribution in [0.15, 0.2) is 22.7 Å². The Morgan fingerprint density at radius 2 is 2.25 bits per heavy atom. The van der Waals surface area contributed by atoms with Gasteiger partial charge in [0.15, 0.2) is 0 Å². The van der Waals surface area contributed by atoms with Crippen molar-refractivity contribution in [2.75, 3.05) is 18.4 Å². The average molecular weight is 289 g/mol. The summed E-state index contributed by atoms with van der Waals surface area (Å²) >= 11 is 3.27. The second kappa shape index (κ2) is 6.48. The van der Waals surface area contributed by atoms with E-state index in [0.717, 1.165) is 10.9 Å². The Labute approximate surface area is 103 Å². The largest absolute Gasteiger partial charge is 0.375 e. The van der Waals surface area contributed by atoms with Gasteiger partial charge in [0.05, 0.1) is 12.2 Å². The molecule has 0 saturated heterocycles. The van der Waals surface area contributed by atoms with Crippen molar-refractivity contribution in [2.24, 2.45) is 0 Å². The van der Waals surface area contributed by atoms with Gasteiger partial charge in [0.25, 0.3) is 0 Å². The molecule has 1 aromatic rings. The SMILES string of the molecule is CCCNC(=O)CNc1cc(F)ccc1Br. The molecule has 16 heavy (non-hydrogen) atoms. The number of hydrogen-bond donors (Lipinski definition) is 2. The standard InChI is InChI=1S/C11H14BrFN2O/c1-2-5-14-11(16)7-15-10-6-8(13)3-4-9(10)12/h3-4,6,15H,2,5,7H2,1H3,(H,14,16). The molecule has 2 N–H and O–H groups in total. The third kappa shape index (κ3) is 4.18. The van der Waals surface area contributed by atoms with Crippen LogP contribution in [0.25, 0.3) is 0 Å². The zero-order valence-corrected chi connectivity index (χ0v) is 10.6. The molecule has 0 aromatic heterocycles. The summed E-state index contributed by atoms with van der Waals surface area (Å²) in [6.07, 6.45) is 0.898. The van der Waals surface area contributed by atoms with E-state index >= 15 is 0 Å². The van der Waals surface area contributed by atoms with Crippen molar-refractivity contribution in [1.82, 2.24) is 5.32 Å². The van der Waals surface area contributed by atoms with E-state index < -0.39 is 0 Å². The summed E-state index contributed by atoms with van der Waals surface area (Å²) in [5.41, 5.74) is 0.576. The number of amides is 1. The number of anilines is 1. The lowest BCUT2D eigenvalue weighted by Crippen LogP contribution is -2.30. The first-order valence-corrected chi connectivity index (χ1v) is 5.88. The number of hydrogen-bond acceptors (Lipinski definition) is 2. The van der Waals surface area contributed by atoms with Crippen LogP contribution in [0.4, 0.5) is 10.1 Å². The summed E-state index contributed by atoms with van der Waals surface area (Å²) in [5.74, 6) is -0.433. The maximum atomic E-state index is 12.9. The van der Waals surface area contributed by atoms with E-state index in [1.54, 1.807) is 6.07 Å². The van der Waals surface area contributed by atoms with E-state index in [4.69, 9.17) is 0 Å². The molecule has 0 saturated carbocycles. The van der Waals surface area contributed by atoms with Crippen LogP contribution in [0.3, 0.4) is 0 Å². The highest BCUT2D eigenvalue weighted by molar-refractivity contribution is 9.10. The number of halogens is 2. The van der Waals surface area contributed by atoms with Gasteiger partial charge in [0, 0.05) is 11.0 Å². The number of carbonyl (C=O) groups excluding carboxylic acids is 1. The minimum Gasteiger partial charge on any atom is -0.375 e. The first kappa shape index (κ1) is 13.0. The Kier molecular flexibility index (Phi) is 5.25. The molecule has 0 atom stereocenters. The lowest BCUT2D eigenvalue weighted by Gasteiger charge is -2.08. The van der Waals surface area contributed by atoms with E-state index in [-0.39, 0.29) is 18.3 Å². The molecule has 0 spiro atoms. The van der Waals surface area contributed by atoms with E-state index in [1.165, 1.54) is 12.1 Å². The van der Waals surface area contributed by atoms with Crippen molar-refractivity contribution in [3.63, 3.8) is 0 Å². The smallest absolute Gasteiger partial charge is 0.239 e. The van der Waals surface area contributed by atoms with Crippen LogP contribution in [-0.4, -0.2) is 19.0 Å². The molecule has 0 bridgehead atoms. The van der Waals surface area contributed by atoms with Crippen molar-refractivity contribution in [3.05, 3.63) is 28.5 Å². The van der Waals surface area contributed by atoms with E-state index in [1.807, 2.05) is 6.92 Å². The van der Waals surface area contributed by atoms with Crippen molar-refractivity contribution in [2.45, 2.75) is 13.3 Å². The van der Waals surface area contributed by atoms with Gasteiger partial charge >= 0.3 is 0 Å². The van der Waals surface area contributed by atoms with Gasteiger partial charge in [-0.2, -0.15) is 0 Å². The summed E-state index contributed by atoms with van der Waals surface area (Å²) in [6, 6.07) is 4.30. The number of nitrogens with one attached hydrogen (secondary N) is 2. The van der Waals surface area contributed by atoms with E-state index in [2.05, 4.69) is 26.6 Å². The minimum atomic E-state index is -0.334. The van der Waals surface area contributed by atoms with Crippen LogP contribution in [0.1, 0.15) is 13.3 Å². The molecule has 0 aliphatic heterocycles. The van der Waals surface area contributed by atoms with Crippen molar-refractivity contribution < 1.29 is 9.18 Å². The Bertz CT molecular complexity index is 371. The summed E-state index contributed by atoms with van der Waals surface area (Å²) in [6.45, 7) is 2.78. The number of rotatable bonds is 5. The zero-order chi connectivity index (χ0) is 12.0. The van der Waals surface area contributed by atoms with Crippen molar-refractivity contribution >= 4 is 27.5 Å². The van der Waals surface area contributed by atoms with Crippen molar-refractivity contribution in [1.29, 1.82) is 0 Å². The van der Waals surface area contributed by atoms with Crippen LogP contribution < -0.4 is 10.6 Å². The first-order chi connectivity index (χ1) is 7.63. The van der Waals surface area contributed by atoms with Crippen LogP contribution >= 0.6 is 15.9 Å². The van der Waals surface area contributed by atoms with Crippen LogP contribution in [0.2, 0.25) is 0 Å².